The van der Waals surface area contributed by atoms with E-state index in [1.54, 1.807) is 23.9 Å². The summed E-state index contributed by atoms with van der Waals surface area (Å²) < 4.78 is 5.96. The third-order valence-electron chi connectivity index (χ3n) is 4.88. The Hall–Kier alpha value is -3.10. The molecule has 0 spiro atoms. The van der Waals surface area contributed by atoms with Crippen LogP contribution in [0.3, 0.4) is 0 Å². The highest BCUT2D eigenvalue weighted by Crippen LogP contribution is 2.31. The summed E-state index contributed by atoms with van der Waals surface area (Å²) >= 11 is 1.63. The minimum Gasteiger partial charge on any atom is -0.455 e. The average Bonchev–Trinajstić information content (AvgIpc) is 3.19. The molecule has 160 valence electrons. The fourth-order valence-electron chi connectivity index (χ4n) is 3.21. The number of hydrogen-bond acceptors (Lipinski definition) is 8. The second-order valence-corrected chi connectivity index (χ2v) is 8.49. The van der Waals surface area contributed by atoms with Gasteiger partial charge >= 0.3 is 0 Å². The maximum absolute atomic E-state index is 5.96. The predicted molar refractivity (Wildman–Crippen MR) is 125 cm³/mol. The van der Waals surface area contributed by atoms with Crippen molar-refractivity contribution in [1.29, 1.82) is 0 Å². The van der Waals surface area contributed by atoms with Gasteiger partial charge < -0.3 is 15.8 Å². The van der Waals surface area contributed by atoms with Crippen LogP contribution in [0, 0.1) is 13.8 Å². The number of nitrogens with two attached hydrogens (primary N) is 1. The van der Waals surface area contributed by atoms with Crippen molar-refractivity contribution in [3.63, 3.8) is 0 Å². The molecule has 3 aromatic heterocycles. The second-order valence-electron chi connectivity index (χ2n) is 7.43. The van der Waals surface area contributed by atoms with Crippen molar-refractivity contribution in [3.8, 4) is 11.5 Å². The van der Waals surface area contributed by atoms with Gasteiger partial charge in [-0.25, -0.2) is 15.0 Å². The molecule has 0 atom stereocenters. The van der Waals surface area contributed by atoms with Gasteiger partial charge in [0.1, 0.15) is 28.2 Å². The van der Waals surface area contributed by atoms with Gasteiger partial charge in [0.05, 0.1) is 11.2 Å². The molecule has 0 aliphatic heterocycles. The van der Waals surface area contributed by atoms with Crippen molar-refractivity contribution < 1.29 is 4.74 Å². The van der Waals surface area contributed by atoms with Crippen molar-refractivity contribution in [1.82, 2.24) is 19.9 Å². The lowest BCUT2D eigenvalue weighted by atomic mass is 10.2. The van der Waals surface area contributed by atoms with Crippen molar-refractivity contribution in [3.05, 3.63) is 59.1 Å². The van der Waals surface area contributed by atoms with Crippen molar-refractivity contribution in [2.45, 2.75) is 39.5 Å². The molecule has 0 saturated heterocycles. The first kappa shape index (κ1) is 21.1. The summed E-state index contributed by atoms with van der Waals surface area (Å²) in [6.45, 7) is 4.71. The van der Waals surface area contributed by atoms with Crippen molar-refractivity contribution >= 4 is 33.2 Å². The van der Waals surface area contributed by atoms with E-state index in [9.17, 15) is 0 Å². The van der Waals surface area contributed by atoms with E-state index in [4.69, 9.17) is 15.5 Å². The van der Waals surface area contributed by atoms with E-state index >= 15 is 0 Å². The highest BCUT2D eigenvalue weighted by molar-refractivity contribution is 7.18. The van der Waals surface area contributed by atoms with Gasteiger partial charge in [-0.15, -0.1) is 0 Å². The number of rotatable bonds is 9. The highest BCUT2D eigenvalue weighted by atomic mass is 32.1. The Balaban J connectivity index is 1.48. The normalized spacial score (nSPS) is 11.1. The number of benzene rings is 1. The van der Waals surface area contributed by atoms with E-state index in [0.29, 0.717) is 11.6 Å². The summed E-state index contributed by atoms with van der Waals surface area (Å²) in [6, 6.07) is 9.80. The summed E-state index contributed by atoms with van der Waals surface area (Å²) in [5.41, 5.74) is 9.27. The summed E-state index contributed by atoms with van der Waals surface area (Å²) in [5, 5.41) is 4.47. The number of hydrogen-bond donors (Lipinski definition) is 2. The summed E-state index contributed by atoms with van der Waals surface area (Å²) in [6.07, 6.45) is 7.51. The van der Waals surface area contributed by atoms with E-state index < -0.39 is 0 Å². The van der Waals surface area contributed by atoms with Crippen LogP contribution < -0.4 is 15.8 Å². The topological polar surface area (TPSA) is 98.8 Å². The van der Waals surface area contributed by atoms with E-state index in [-0.39, 0.29) is 0 Å². The van der Waals surface area contributed by atoms with E-state index in [0.717, 1.165) is 70.3 Å². The maximum Gasteiger partial charge on any atom is 0.161 e. The number of pyridine rings is 1. The molecule has 4 aromatic rings. The number of fused-ring (bicyclic) bond motifs is 1. The molecule has 0 aliphatic rings. The van der Waals surface area contributed by atoms with E-state index in [1.165, 1.54) is 0 Å². The third kappa shape index (κ3) is 5.34. The Morgan fingerprint density at radius 1 is 1.03 bits per heavy atom. The number of thiazole rings is 1. The number of aryl methyl sites for hydroxylation is 3. The molecule has 0 bridgehead atoms. The van der Waals surface area contributed by atoms with E-state index in [2.05, 4.69) is 20.3 Å². The minimum atomic E-state index is 0.713. The van der Waals surface area contributed by atoms with Crippen LogP contribution in [0.15, 0.2) is 42.9 Å². The third-order valence-corrected chi connectivity index (χ3v) is 5.91. The van der Waals surface area contributed by atoms with Gasteiger partial charge in [-0.3, -0.25) is 4.98 Å². The Bertz CT molecular complexity index is 1160. The highest BCUT2D eigenvalue weighted by Gasteiger charge is 2.12. The molecule has 0 saturated carbocycles. The smallest absolute Gasteiger partial charge is 0.161 e. The van der Waals surface area contributed by atoms with Crippen LogP contribution in [0.25, 0.3) is 10.3 Å². The summed E-state index contributed by atoms with van der Waals surface area (Å²) in [4.78, 5) is 18.8. The fraction of sp³-hybridized carbons (Fsp3) is 0.304. The minimum absolute atomic E-state index is 0.713. The number of aromatic nitrogens is 4. The summed E-state index contributed by atoms with van der Waals surface area (Å²) in [7, 11) is 0. The van der Waals surface area contributed by atoms with Gasteiger partial charge in [0.25, 0.3) is 0 Å². The van der Waals surface area contributed by atoms with Crippen LogP contribution in [0.2, 0.25) is 0 Å². The lowest BCUT2D eigenvalue weighted by molar-refractivity contribution is 0.476. The monoisotopic (exact) mass is 434 g/mol. The van der Waals surface area contributed by atoms with Gasteiger partial charge in [0.15, 0.2) is 5.82 Å². The molecule has 0 amide bonds. The van der Waals surface area contributed by atoms with E-state index in [1.807, 2.05) is 44.2 Å². The molecule has 1 aromatic carbocycles. The largest absolute Gasteiger partial charge is 0.455 e. The zero-order chi connectivity index (χ0) is 21.6. The molecule has 8 heteroatoms. The van der Waals surface area contributed by atoms with Gasteiger partial charge in [-0.2, -0.15) is 0 Å². The Labute approximate surface area is 185 Å². The van der Waals surface area contributed by atoms with Crippen LogP contribution in [0.1, 0.15) is 35.5 Å². The zero-order valence-corrected chi connectivity index (χ0v) is 18.6. The van der Waals surface area contributed by atoms with Crippen LogP contribution in [-0.2, 0) is 6.42 Å². The fourth-order valence-corrected chi connectivity index (χ4v) is 4.16. The molecule has 0 fully saturated rings. The molecule has 4 rings (SSSR count). The van der Waals surface area contributed by atoms with Gasteiger partial charge in [0.2, 0.25) is 0 Å². The first-order chi connectivity index (χ1) is 15.1. The van der Waals surface area contributed by atoms with Gasteiger partial charge in [-0.05, 0) is 75.5 Å². The standard InChI is InChI=1S/C23H26N6OS/c1-15-12-17(8-10-19(15)30-18-9-7-16(2)25-13-18)28-22-21-23(27-14-26-22)31-20(29-21)6-4-3-5-11-24/h7-10,12-14H,3-6,11,24H2,1-2H3,(H,26,27,28). The van der Waals surface area contributed by atoms with Gasteiger partial charge in [-0.1, -0.05) is 17.8 Å². The molecule has 3 heterocycles. The maximum atomic E-state index is 5.96. The number of nitrogens with one attached hydrogen (secondary N) is 1. The van der Waals surface area contributed by atoms with Crippen LogP contribution in [-0.4, -0.2) is 26.5 Å². The average molecular weight is 435 g/mol. The molecular weight excluding hydrogens is 408 g/mol. The SMILES string of the molecule is Cc1ccc(Oc2ccc(Nc3ncnc4sc(CCCCCN)nc34)cc2C)cn1. The van der Waals surface area contributed by atoms with Crippen LogP contribution in [0.4, 0.5) is 11.5 Å². The molecular formula is C23H26N6OS. The second kappa shape index (κ2) is 9.80. The van der Waals surface area contributed by atoms with Crippen molar-refractivity contribution in [2.24, 2.45) is 5.73 Å². The van der Waals surface area contributed by atoms with Crippen LogP contribution in [0.5, 0.6) is 11.5 Å². The number of ether oxygens (including phenoxy) is 1. The Morgan fingerprint density at radius 2 is 1.94 bits per heavy atom. The molecule has 31 heavy (non-hydrogen) atoms. The van der Waals surface area contributed by atoms with Gasteiger partial charge in [0, 0.05) is 11.4 Å². The Kier molecular flexibility index (Phi) is 6.69. The lowest BCUT2D eigenvalue weighted by Crippen LogP contribution is -1.98. The zero-order valence-electron chi connectivity index (χ0n) is 17.8. The molecule has 0 unspecified atom stereocenters. The quantitative estimate of drug-likeness (QED) is 0.345. The number of unbranched alkanes of at least 4 members (excludes halogenated alkanes) is 2. The molecule has 0 aliphatic carbocycles. The first-order valence-electron chi connectivity index (χ1n) is 10.4. The molecule has 7 nitrogen and oxygen atoms in total. The number of nitrogens with zero attached hydrogens (tertiary/aromatic N) is 4. The molecule has 0 radical (unpaired) electrons. The van der Waals surface area contributed by atoms with Crippen molar-refractivity contribution in [2.75, 3.05) is 11.9 Å². The predicted octanol–water partition coefficient (Wildman–Crippen LogP) is 5.31. The number of anilines is 2. The summed E-state index contributed by atoms with van der Waals surface area (Å²) in [5.74, 6) is 2.22. The molecule has 3 N–H and O–H groups in total. The first-order valence-corrected chi connectivity index (χ1v) is 11.2. The lowest BCUT2D eigenvalue weighted by Gasteiger charge is -2.11. The van der Waals surface area contributed by atoms with Crippen LogP contribution >= 0.6 is 11.3 Å². The Morgan fingerprint density at radius 3 is 2.71 bits per heavy atom.